The monoisotopic (exact) mass is 418 g/mol. The minimum absolute atomic E-state index is 0.339. The number of aliphatic hydroxyl groups excluding tert-OH is 1. The van der Waals surface area contributed by atoms with Gasteiger partial charge in [0.1, 0.15) is 24.2 Å². The zero-order chi connectivity index (χ0) is 22.9. The molecule has 0 aromatic carbocycles. The number of hydrogen-bond acceptors (Lipinski definition) is 7. The van der Waals surface area contributed by atoms with Crippen LogP contribution in [0, 0.1) is 5.92 Å². The van der Waals surface area contributed by atoms with E-state index in [1.54, 1.807) is 13.8 Å². The topological polar surface area (TPSA) is 208 Å². The minimum atomic E-state index is -1.66. The van der Waals surface area contributed by atoms with Crippen LogP contribution in [0.3, 0.4) is 0 Å². The zero-order valence-electron chi connectivity index (χ0n) is 16.8. The SMILES string of the molecule is CCC(C)C(NC(=O)C(N)C(C)O)C(=O)NC(C)C(=O)NC(CC(=O)O)C(=O)O. The van der Waals surface area contributed by atoms with Crippen molar-refractivity contribution < 1.29 is 39.3 Å². The summed E-state index contributed by atoms with van der Waals surface area (Å²) in [5.41, 5.74) is 5.56. The quantitative estimate of drug-likeness (QED) is 0.183. The Hall–Kier alpha value is -2.73. The highest BCUT2D eigenvalue weighted by Crippen LogP contribution is 2.09. The van der Waals surface area contributed by atoms with Crippen LogP contribution in [0.25, 0.3) is 0 Å². The van der Waals surface area contributed by atoms with Gasteiger partial charge in [-0.15, -0.1) is 0 Å². The summed E-state index contributed by atoms with van der Waals surface area (Å²) in [7, 11) is 0. The molecule has 12 nitrogen and oxygen atoms in total. The second kappa shape index (κ2) is 12.0. The highest BCUT2D eigenvalue weighted by atomic mass is 16.4. The summed E-state index contributed by atoms with van der Waals surface area (Å²) in [4.78, 5) is 58.5. The molecule has 166 valence electrons. The lowest BCUT2D eigenvalue weighted by atomic mass is 9.97. The molecule has 0 radical (unpaired) electrons. The second-order valence-corrected chi connectivity index (χ2v) is 6.87. The van der Waals surface area contributed by atoms with E-state index in [-0.39, 0.29) is 5.92 Å². The van der Waals surface area contributed by atoms with Crippen LogP contribution < -0.4 is 21.7 Å². The molecule has 0 bridgehead atoms. The van der Waals surface area contributed by atoms with E-state index >= 15 is 0 Å². The summed E-state index contributed by atoms with van der Waals surface area (Å²) >= 11 is 0. The van der Waals surface area contributed by atoms with Gasteiger partial charge >= 0.3 is 11.9 Å². The summed E-state index contributed by atoms with van der Waals surface area (Å²) in [6.07, 6.45) is -1.46. The van der Waals surface area contributed by atoms with Crippen molar-refractivity contribution in [3.05, 3.63) is 0 Å². The van der Waals surface area contributed by atoms with E-state index in [0.717, 1.165) is 0 Å². The standard InChI is InChI=1S/C17H30N4O8/c1-5-7(2)13(21-15(26)12(18)9(4)22)16(27)19-8(3)14(25)20-10(17(28)29)6-11(23)24/h7-10,12-13,22H,5-6,18H2,1-4H3,(H,19,27)(H,20,25)(H,21,26)(H,23,24)(H,28,29). The van der Waals surface area contributed by atoms with Crippen LogP contribution in [0.15, 0.2) is 0 Å². The van der Waals surface area contributed by atoms with Gasteiger partial charge in [-0.1, -0.05) is 20.3 Å². The van der Waals surface area contributed by atoms with Crippen LogP contribution in [0.1, 0.15) is 40.5 Å². The maximum Gasteiger partial charge on any atom is 0.326 e. The summed E-state index contributed by atoms with van der Waals surface area (Å²) in [6.45, 7) is 6.08. The predicted molar refractivity (Wildman–Crippen MR) is 100 cm³/mol. The lowest BCUT2D eigenvalue weighted by molar-refractivity contribution is -0.147. The third-order valence-corrected chi connectivity index (χ3v) is 4.36. The molecule has 0 aromatic heterocycles. The Morgan fingerprint density at radius 3 is 1.86 bits per heavy atom. The highest BCUT2D eigenvalue weighted by Gasteiger charge is 2.32. The van der Waals surface area contributed by atoms with Crippen LogP contribution in [-0.2, 0) is 24.0 Å². The molecule has 12 heteroatoms. The van der Waals surface area contributed by atoms with E-state index in [9.17, 15) is 29.1 Å². The first kappa shape index (κ1) is 26.3. The maximum absolute atomic E-state index is 12.6. The smallest absolute Gasteiger partial charge is 0.326 e. The Balaban J connectivity index is 5.14. The molecule has 0 saturated heterocycles. The molecule has 0 aliphatic heterocycles. The summed E-state index contributed by atoms with van der Waals surface area (Å²) in [5, 5.41) is 33.9. The number of rotatable bonds is 12. The number of amides is 3. The van der Waals surface area contributed by atoms with Gasteiger partial charge in [-0.2, -0.15) is 0 Å². The number of hydrogen-bond donors (Lipinski definition) is 7. The van der Waals surface area contributed by atoms with Crippen molar-refractivity contribution >= 4 is 29.7 Å². The number of carboxylic acids is 2. The van der Waals surface area contributed by atoms with E-state index in [2.05, 4.69) is 10.6 Å². The van der Waals surface area contributed by atoms with Crippen molar-refractivity contribution in [2.24, 2.45) is 11.7 Å². The molecule has 0 heterocycles. The van der Waals surface area contributed by atoms with Crippen LogP contribution in [0.4, 0.5) is 0 Å². The minimum Gasteiger partial charge on any atom is -0.481 e. The first-order valence-corrected chi connectivity index (χ1v) is 9.11. The second-order valence-electron chi connectivity index (χ2n) is 6.87. The Bertz CT molecular complexity index is 625. The van der Waals surface area contributed by atoms with Gasteiger partial charge in [-0.25, -0.2) is 4.79 Å². The van der Waals surface area contributed by atoms with Crippen LogP contribution in [0.2, 0.25) is 0 Å². The van der Waals surface area contributed by atoms with E-state index in [1.165, 1.54) is 13.8 Å². The van der Waals surface area contributed by atoms with E-state index in [4.69, 9.17) is 15.9 Å². The molecule has 0 fully saturated rings. The Morgan fingerprint density at radius 2 is 1.45 bits per heavy atom. The van der Waals surface area contributed by atoms with E-state index in [0.29, 0.717) is 6.42 Å². The van der Waals surface area contributed by atoms with E-state index in [1.807, 2.05) is 5.32 Å². The first-order valence-electron chi connectivity index (χ1n) is 9.11. The average Bonchev–Trinajstić information content (AvgIpc) is 2.62. The molecule has 0 spiro atoms. The van der Waals surface area contributed by atoms with Gasteiger partial charge in [0.05, 0.1) is 12.5 Å². The molecule has 6 unspecified atom stereocenters. The first-order chi connectivity index (χ1) is 13.3. The Kier molecular flexibility index (Phi) is 10.8. The molecule has 8 N–H and O–H groups in total. The van der Waals surface area contributed by atoms with Gasteiger partial charge in [0.25, 0.3) is 0 Å². The number of carboxylic acid groups (broad SMARTS) is 2. The third-order valence-electron chi connectivity index (χ3n) is 4.36. The van der Waals surface area contributed by atoms with Crippen LogP contribution in [-0.4, -0.2) is 75.3 Å². The van der Waals surface area contributed by atoms with Gasteiger partial charge in [0.2, 0.25) is 17.7 Å². The summed E-state index contributed by atoms with van der Waals surface area (Å²) in [5.74, 6) is -5.64. The molecular weight excluding hydrogens is 388 g/mol. The normalized spacial score (nSPS) is 17.0. The number of nitrogens with two attached hydrogens (primary N) is 1. The molecule has 0 aromatic rings. The molecule has 29 heavy (non-hydrogen) atoms. The lowest BCUT2D eigenvalue weighted by Crippen LogP contribution is -2.59. The average molecular weight is 418 g/mol. The van der Waals surface area contributed by atoms with Crippen LogP contribution >= 0.6 is 0 Å². The predicted octanol–water partition coefficient (Wildman–Crippen LogP) is -2.23. The summed E-state index contributed by atoms with van der Waals surface area (Å²) in [6, 6.07) is -5.16. The van der Waals surface area contributed by atoms with Crippen LogP contribution in [0.5, 0.6) is 0 Å². The van der Waals surface area contributed by atoms with Crippen molar-refractivity contribution in [1.82, 2.24) is 16.0 Å². The molecule has 3 amide bonds. The molecule has 0 saturated carbocycles. The van der Waals surface area contributed by atoms with Gasteiger partial charge in [0.15, 0.2) is 0 Å². The number of nitrogens with one attached hydrogen (secondary N) is 3. The van der Waals surface area contributed by atoms with Crippen molar-refractivity contribution in [3.63, 3.8) is 0 Å². The highest BCUT2D eigenvalue weighted by molar-refractivity contribution is 5.94. The number of aliphatic hydroxyl groups is 1. The van der Waals surface area contributed by atoms with Crippen molar-refractivity contribution in [1.29, 1.82) is 0 Å². The van der Waals surface area contributed by atoms with Gasteiger partial charge in [-0.05, 0) is 19.8 Å². The van der Waals surface area contributed by atoms with Crippen molar-refractivity contribution in [3.8, 4) is 0 Å². The number of aliphatic carboxylic acids is 2. The largest absolute Gasteiger partial charge is 0.481 e. The maximum atomic E-state index is 12.6. The Labute approximate surface area is 168 Å². The molecular formula is C17H30N4O8. The molecule has 6 atom stereocenters. The fraction of sp³-hybridized carbons (Fsp3) is 0.706. The third kappa shape index (κ3) is 8.87. The van der Waals surface area contributed by atoms with Crippen molar-refractivity contribution in [2.45, 2.75) is 70.8 Å². The fourth-order valence-electron chi connectivity index (χ4n) is 2.21. The van der Waals surface area contributed by atoms with E-state index < -0.39 is 66.4 Å². The van der Waals surface area contributed by atoms with Gasteiger partial charge < -0.3 is 37.0 Å². The number of carbonyl (C=O) groups excluding carboxylic acids is 3. The van der Waals surface area contributed by atoms with Crippen molar-refractivity contribution in [2.75, 3.05) is 0 Å². The van der Waals surface area contributed by atoms with Gasteiger partial charge in [0, 0.05) is 0 Å². The summed E-state index contributed by atoms with van der Waals surface area (Å²) < 4.78 is 0. The lowest BCUT2D eigenvalue weighted by Gasteiger charge is -2.27. The molecule has 0 rings (SSSR count). The fourth-order valence-corrected chi connectivity index (χ4v) is 2.21. The Morgan fingerprint density at radius 1 is 0.897 bits per heavy atom. The molecule has 0 aliphatic rings. The zero-order valence-corrected chi connectivity index (χ0v) is 16.8. The molecule has 0 aliphatic carbocycles. The van der Waals surface area contributed by atoms with Gasteiger partial charge in [-0.3, -0.25) is 19.2 Å². The number of carbonyl (C=O) groups is 5.